The Hall–Kier alpha value is -2.24. The van der Waals surface area contributed by atoms with E-state index >= 15 is 0 Å². The molecule has 0 saturated carbocycles. The summed E-state index contributed by atoms with van der Waals surface area (Å²) in [7, 11) is 0. The van der Waals surface area contributed by atoms with Crippen LogP contribution in [0.4, 0.5) is 15.8 Å². The number of hydrogen-bond donors (Lipinski definition) is 1. The van der Waals surface area contributed by atoms with Gasteiger partial charge >= 0.3 is 0 Å². The number of hydrogen-bond acceptors (Lipinski definition) is 4. The summed E-state index contributed by atoms with van der Waals surface area (Å²) in [5, 5.41) is 14.5. The van der Waals surface area contributed by atoms with Crippen molar-refractivity contribution < 1.29 is 9.31 Å². The first kappa shape index (κ1) is 15.2. The fourth-order valence-corrected chi connectivity index (χ4v) is 2.50. The van der Waals surface area contributed by atoms with Crippen LogP contribution in [-0.2, 0) is 0 Å². The minimum Gasteiger partial charge on any atom is -0.378 e. The molecule has 0 saturated heterocycles. The van der Waals surface area contributed by atoms with E-state index in [1.165, 1.54) is 6.20 Å². The average molecular weight is 291 g/mol. The maximum Gasteiger partial charge on any atom is 0.281 e. The first-order valence-electron chi connectivity index (χ1n) is 6.88. The van der Waals surface area contributed by atoms with Gasteiger partial charge in [0.05, 0.1) is 22.1 Å². The third-order valence-corrected chi connectivity index (χ3v) is 3.24. The number of nitro benzene ring substituents is 1. The van der Waals surface area contributed by atoms with E-state index in [1.807, 2.05) is 6.92 Å². The normalized spacial score (nSPS) is 12.6. The van der Waals surface area contributed by atoms with E-state index in [0.717, 1.165) is 12.5 Å². The summed E-state index contributed by atoms with van der Waals surface area (Å²) < 4.78 is 14.2. The molecular formula is C15H18FN3O2. The molecule has 0 radical (unpaired) electrons. The topological polar surface area (TPSA) is 68.1 Å². The number of aromatic nitrogens is 1. The molecule has 1 aromatic heterocycles. The second-order valence-corrected chi connectivity index (χ2v) is 5.58. The molecule has 1 unspecified atom stereocenters. The minimum absolute atomic E-state index is 0.0474. The fourth-order valence-electron chi connectivity index (χ4n) is 2.50. The molecule has 1 N–H and O–H groups in total. The van der Waals surface area contributed by atoms with Crippen LogP contribution in [0.5, 0.6) is 0 Å². The average Bonchev–Trinajstić information content (AvgIpc) is 2.40. The molecule has 1 heterocycles. The van der Waals surface area contributed by atoms with E-state index in [2.05, 4.69) is 24.1 Å². The van der Waals surface area contributed by atoms with Crippen LogP contribution in [0.1, 0.15) is 27.2 Å². The van der Waals surface area contributed by atoms with Gasteiger partial charge in [0.15, 0.2) is 5.82 Å². The Balaban J connectivity index is 2.52. The molecule has 2 rings (SSSR count). The SMILES string of the molecule is CC(C)CC(C)Nc1c(F)cc([N+](=O)[O-])c2cccnc12. The summed E-state index contributed by atoms with van der Waals surface area (Å²) >= 11 is 0. The van der Waals surface area contributed by atoms with Gasteiger partial charge in [-0.25, -0.2) is 4.39 Å². The highest BCUT2D eigenvalue weighted by Crippen LogP contribution is 2.33. The number of pyridine rings is 1. The smallest absolute Gasteiger partial charge is 0.281 e. The maximum atomic E-state index is 14.2. The van der Waals surface area contributed by atoms with Crippen molar-refractivity contribution >= 4 is 22.3 Å². The van der Waals surface area contributed by atoms with Crippen molar-refractivity contribution in [3.63, 3.8) is 0 Å². The van der Waals surface area contributed by atoms with Crippen molar-refractivity contribution in [1.29, 1.82) is 0 Å². The van der Waals surface area contributed by atoms with Gasteiger partial charge in [0.25, 0.3) is 5.69 Å². The van der Waals surface area contributed by atoms with Crippen LogP contribution in [-0.4, -0.2) is 15.9 Å². The lowest BCUT2D eigenvalue weighted by molar-refractivity contribution is -0.383. The van der Waals surface area contributed by atoms with Crippen LogP contribution in [0.25, 0.3) is 10.9 Å². The summed E-state index contributed by atoms with van der Waals surface area (Å²) in [6.45, 7) is 6.12. The molecule has 0 aliphatic heterocycles. The molecule has 112 valence electrons. The van der Waals surface area contributed by atoms with Crippen LogP contribution >= 0.6 is 0 Å². The highest BCUT2D eigenvalue weighted by atomic mass is 19.1. The molecule has 0 bridgehead atoms. The lowest BCUT2D eigenvalue weighted by Gasteiger charge is -2.18. The van der Waals surface area contributed by atoms with Crippen molar-refractivity contribution in [2.24, 2.45) is 5.92 Å². The Morgan fingerprint density at radius 3 is 2.76 bits per heavy atom. The second kappa shape index (κ2) is 6.03. The molecule has 0 spiro atoms. The molecule has 1 atom stereocenters. The van der Waals surface area contributed by atoms with E-state index in [-0.39, 0.29) is 17.4 Å². The van der Waals surface area contributed by atoms with Crippen LogP contribution in [0.2, 0.25) is 0 Å². The predicted octanol–water partition coefficient (Wildman–Crippen LogP) is 4.13. The fraction of sp³-hybridized carbons (Fsp3) is 0.400. The number of rotatable bonds is 5. The van der Waals surface area contributed by atoms with Gasteiger partial charge in [-0.1, -0.05) is 13.8 Å². The lowest BCUT2D eigenvalue weighted by Crippen LogP contribution is -2.18. The van der Waals surface area contributed by atoms with Gasteiger partial charge in [-0.15, -0.1) is 0 Å². The third kappa shape index (κ3) is 3.26. The zero-order valence-corrected chi connectivity index (χ0v) is 12.3. The Bertz CT molecular complexity index is 673. The van der Waals surface area contributed by atoms with Gasteiger partial charge in [0.2, 0.25) is 0 Å². The molecule has 1 aromatic carbocycles. The van der Waals surface area contributed by atoms with E-state index in [1.54, 1.807) is 12.1 Å². The Labute approximate surface area is 122 Å². The molecular weight excluding hydrogens is 273 g/mol. The number of nitrogens with zero attached hydrogens (tertiary/aromatic N) is 2. The summed E-state index contributed by atoms with van der Waals surface area (Å²) in [5.74, 6) is -0.184. The van der Waals surface area contributed by atoms with Crippen LogP contribution in [0.15, 0.2) is 24.4 Å². The summed E-state index contributed by atoms with van der Waals surface area (Å²) in [6, 6.07) is 4.19. The zero-order chi connectivity index (χ0) is 15.6. The standard InChI is InChI=1S/C15H18FN3O2/c1-9(2)7-10(3)18-15-12(16)8-13(19(20)21)11-5-4-6-17-14(11)15/h4-6,8-10,18H,7H2,1-3H3. The molecule has 2 aromatic rings. The van der Waals surface area contributed by atoms with Crippen molar-refractivity contribution in [2.75, 3.05) is 5.32 Å². The van der Waals surface area contributed by atoms with Crippen molar-refractivity contribution in [3.05, 3.63) is 40.3 Å². The number of fused-ring (bicyclic) bond motifs is 1. The minimum atomic E-state index is -0.650. The van der Waals surface area contributed by atoms with Crippen molar-refractivity contribution in [3.8, 4) is 0 Å². The van der Waals surface area contributed by atoms with Crippen molar-refractivity contribution in [1.82, 2.24) is 4.98 Å². The molecule has 0 amide bonds. The summed E-state index contributed by atoms with van der Waals surface area (Å²) in [6.07, 6.45) is 2.37. The first-order chi connectivity index (χ1) is 9.90. The third-order valence-electron chi connectivity index (χ3n) is 3.24. The zero-order valence-electron chi connectivity index (χ0n) is 12.3. The van der Waals surface area contributed by atoms with Gasteiger partial charge in [-0.05, 0) is 31.4 Å². The number of nitro groups is 1. The summed E-state index contributed by atoms with van der Waals surface area (Å²) in [5.41, 5.74) is 0.252. The highest BCUT2D eigenvalue weighted by molar-refractivity contribution is 5.97. The number of halogens is 1. The van der Waals surface area contributed by atoms with Crippen molar-refractivity contribution in [2.45, 2.75) is 33.2 Å². The number of anilines is 1. The molecule has 0 fully saturated rings. The monoisotopic (exact) mass is 291 g/mol. The Morgan fingerprint density at radius 2 is 2.14 bits per heavy atom. The van der Waals surface area contributed by atoms with Gasteiger partial charge in [-0.3, -0.25) is 15.1 Å². The van der Waals surface area contributed by atoms with Gasteiger partial charge in [0, 0.05) is 12.2 Å². The highest BCUT2D eigenvalue weighted by Gasteiger charge is 2.21. The summed E-state index contributed by atoms with van der Waals surface area (Å²) in [4.78, 5) is 14.6. The quantitative estimate of drug-likeness (QED) is 0.664. The van der Waals surface area contributed by atoms with Gasteiger partial charge in [0.1, 0.15) is 5.52 Å². The van der Waals surface area contributed by atoms with E-state index < -0.39 is 10.7 Å². The number of nitrogens with one attached hydrogen (secondary N) is 1. The van der Waals surface area contributed by atoms with Crippen LogP contribution < -0.4 is 5.32 Å². The molecule has 0 aliphatic carbocycles. The Morgan fingerprint density at radius 1 is 1.43 bits per heavy atom. The molecule has 21 heavy (non-hydrogen) atoms. The van der Waals surface area contributed by atoms with E-state index in [4.69, 9.17) is 0 Å². The van der Waals surface area contributed by atoms with Crippen LogP contribution in [0, 0.1) is 21.8 Å². The number of benzene rings is 1. The second-order valence-electron chi connectivity index (χ2n) is 5.58. The van der Waals surface area contributed by atoms with E-state index in [0.29, 0.717) is 16.8 Å². The van der Waals surface area contributed by atoms with Gasteiger partial charge in [-0.2, -0.15) is 0 Å². The largest absolute Gasteiger partial charge is 0.378 e. The molecule has 6 heteroatoms. The molecule has 0 aliphatic rings. The maximum absolute atomic E-state index is 14.2. The molecule has 5 nitrogen and oxygen atoms in total. The lowest BCUT2D eigenvalue weighted by atomic mass is 10.0. The Kier molecular flexibility index (Phi) is 4.35. The van der Waals surface area contributed by atoms with E-state index in [9.17, 15) is 14.5 Å². The number of non-ortho nitro benzene ring substituents is 1. The predicted molar refractivity (Wildman–Crippen MR) is 80.9 cm³/mol. The first-order valence-corrected chi connectivity index (χ1v) is 6.88. The van der Waals surface area contributed by atoms with Crippen LogP contribution in [0.3, 0.4) is 0 Å². The van der Waals surface area contributed by atoms with Gasteiger partial charge < -0.3 is 5.32 Å².